The van der Waals surface area contributed by atoms with Gasteiger partial charge in [-0.2, -0.15) is 0 Å². The van der Waals surface area contributed by atoms with Crippen molar-refractivity contribution in [2.75, 3.05) is 14.2 Å². The van der Waals surface area contributed by atoms with Crippen molar-refractivity contribution in [3.8, 4) is 11.5 Å². The van der Waals surface area contributed by atoms with Gasteiger partial charge in [-0.3, -0.25) is 0 Å². The van der Waals surface area contributed by atoms with Crippen molar-refractivity contribution in [2.24, 2.45) is 0 Å². The normalized spacial score (nSPS) is 12.0. The molecule has 2 rings (SSSR count). The average molecular weight is 289 g/mol. The first kappa shape index (κ1) is 15.3. The van der Waals surface area contributed by atoms with E-state index in [1.54, 1.807) is 19.2 Å². The van der Waals surface area contributed by atoms with E-state index in [1.165, 1.54) is 13.2 Å². The maximum atomic E-state index is 13.4. The van der Waals surface area contributed by atoms with Gasteiger partial charge in [-0.05, 0) is 42.3 Å². The number of hydrogen-bond donors (Lipinski definition) is 1. The fourth-order valence-corrected chi connectivity index (χ4v) is 2.12. The lowest BCUT2D eigenvalue weighted by molar-refractivity contribution is 0.385. The van der Waals surface area contributed by atoms with Gasteiger partial charge in [0.2, 0.25) is 0 Å². The Morgan fingerprint density at radius 3 is 2.62 bits per heavy atom. The van der Waals surface area contributed by atoms with Gasteiger partial charge < -0.3 is 14.8 Å². The summed E-state index contributed by atoms with van der Waals surface area (Å²) in [4.78, 5) is 0. The maximum absolute atomic E-state index is 13.4. The lowest BCUT2D eigenvalue weighted by Gasteiger charge is -2.16. The Morgan fingerprint density at radius 2 is 1.90 bits per heavy atom. The molecule has 2 aromatic rings. The molecule has 0 saturated carbocycles. The van der Waals surface area contributed by atoms with Crippen LogP contribution in [0.2, 0.25) is 0 Å². The van der Waals surface area contributed by atoms with Gasteiger partial charge in [-0.25, -0.2) is 4.39 Å². The number of methoxy groups -OCH3 is 2. The smallest absolute Gasteiger partial charge is 0.165 e. The molecule has 0 amide bonds. The number of rotatable bonds is 6. The first-order valence-corrected chi connectivity index (χ1v) is 6.83. The molecule has 3 nitrogen and oxygen atoms in total. The van der Waals surface area contributed by atoms with E-state index in [9.17, 15) is 4.39 Å². The summed E-state index contributed by atoms with van der Waals surface area (Å²) < 4.78 is 23.6. The molecule has 1 N–H and O–H groups in total. The molecule has 0 spiro atoms. The van der Waals surface area contributed by atoms with E-state index in [0.717, 1.165) is 16.9 Å². The van der Waals surface area contributed by atoms with Gasteiger partial charge in [0.05, 0.1) is 14.2 Å². The van der Waals surface area contributed by atoms with Crippen molar-refractivity contribution >= 4 is 0 Å². The second kappa shape index (κ2) is 7.09. The molecule has 0 aliphatic heterocycles. The minimum atomic E-state index is -0.346. The third kappa shape index (κ3) is 3.95. The Morgan fingerprint density at radius 1 is 1.10 bits per heavy atom. The van der Waals surface area contributed by atoms with E-state index in [0.29, 0.717) is 6.54 Å². The Balaban J connectivity index is 2.02. The minimum Gasteiger partial charge on any atom is -0.497 e. The number of ether oxygens (including phenoxy) is 2. The molecular weight excluding hydrogens is 269 g/mol. The summed E-state index contributed by atoms with van der Waals surface area (Å²) in [5, 5.41) is 3.40. The van der Waals surface area contributed by atoms with Crippen LogP contribution in [0.3, 0.4) is 0 Å². The Labute approximate surface area is 124 Å². The number of halogens is 1. The van der Waals surface area contributed by atoms with Crippen molar-refractivity contribution in [1.29, 1.82) is 0 Å². The van der Waals surface area contributed by atoms with Gasteiger partial charge in [0.15, 0.2) is 11.6 Å². The molecule has 0 bridgehead atoms. The molecule has 21 heavy (non-hydrogen) atoms. The molecule has 2 aromatic carbocycles. The molecule has 0 heterocycles. The zero-order valence-corrected chi connectivity index (χ0v) is 12.5. The zero-order valence-electron chi connectivity index (χ0n) is 12.5. The molecular formula is C17H20FNO2. The van der Waals surface area contributed by atoms with Gasteiger partial charge in [0, 0.05) is 12.6 Å². The standard InChI is InChI=1S/C17H20FNO2/c1-12(14-7-8-16(18)17(10-14)21-3)19-11-13-5-4-6-15(9-13)20-2/h4-10,12,19H,11H2,1-3H3. The van der Waals surface area contributed by atoms with Crippen LogP contribution < -0.4 is 14.8 Å². The van der Waals surface area contributed by atoms with Crippen LogP contribution in [0.4, 0.5) is 4.39 Å². The van der Waals surface area contributed by atoms with Crippen LogP contribution in [0.5, 0.6) is 11.5 Å². The summed E-state index contributed by atoms with van der Waals surface area (Å²) in [5.41, 5.74) is 2.12. The number of hydrogen-bond acceptors (Lipinski definition) is 3. The van der Waals surface area contributed by atoms with E-state index in [2.05, 4.69) is 5.32 Å². The van der Waals surface area contributed by atoms with Gasteiger partial charge >= 0.3 is 0 Å². The van der Waals surface area contributed by atoms with Crippen LogP contribution in [0.15, 0.2) is 42.5 Å². The van der Waals surface area contributed by atoms with E-state index in [1.807, 2.05) is 31.2 Å². The van der Waals surface area contributed by atoms with Crippen molar-refractivity contribution in [3.63, 3.8) is 0 Å². The van der Waals surface area contributed by atoms with Crippen molar-refractivity contribution in [1.82, 2.24) is 5.32 Å². The first-order chi connectivity index (χ1) is 10.1. The quantitative estimate of drug-likeness (QED) is 0.879. The van der Waals surface area contributed by atoms with E-state index < -0.39 is 0 Å². The lowest BCUT2D eigenvalue weighted by atomic mass is 10.1. The molecule has 1 atom stereocenters. The predicted molar refractivity (Wildman–Crippen MR) is 81.2 cm³/mol. The summed E-state index contributed by atoms with van der Waals surface area (Å²) in [7, 11) is 3.12. The zero-order chi connectivity index (χ0) is 15.2. The van der Waals surface area contributed by atoms with Gasteiger partial charge in [0.25, 0.3) is 0 Å². The van der Waals surface area contributed by atoms with Crippen LogP contribution in [0, 0.1) is 5.82 Å². The monoisotopic (exact) mass is 289 g/mol. The molecule has 1 unspecified atom stereocenters. The van der Waals surface area contributed by atoms with Gasteiger partial charge in [-0.1, -0.05) is 18.2 Å². The highest BCUT2D eigenvalue weighted by Crippen LogP contribution is 2.23. The second-order valence-corrected chi connectivity index (χ2v) is 4.85. The minimum absolute atomic E-state index is 0.0886. The SMILES string of the molecule is COc1cccc(CNC(C)c2ccc(F)c(OC)c2)c1. The molecule has 0 aliphatic rings. The van der Waals surface area contributed by atoms with E-state index in [4.69, 9.17) is 9.47 Å². The van der Waals surface area contributed by atoms with Crippen LogP contribution in [0.1, 0.15) is 24.1 Å². The molecule has 0 aromatic heterocycles. The maximum Gasteiger partial charge on any atom is 0.165 e. The van der Waals surface area contributed by atoms with Crippen molar-refractivity contribution in [3.05, 3.63) is 59.4 Å². The van der Waals surface area contributed by atoms with E-state index in [-0.39, 0.29) is 17.6 Å². The third-order valence-electron chi connectivity index (χ3n) is 3.42. The molecule has 0 saturated heterocycles. The molecule has 4 heteroatoms. The van der Waals surface area contributed by atoms with Crippen LogP contribution >= 0.6 is 0 Å². The highest BCUT2D eigenvalue weighted by molar-refractivity contribution is 5.32. The number of nitrogens with one attached hydrogen (secondary N) is 1. The summed E-state index contributed by atoms with van der Waals surface area (Å²) >= 11 is 0. The Hall–Kier alpha value is -2.07. The van der Waals surface area contributed by atoms with Gasteiger partial charge in [0.1, 0.15) is 5.75 Å². The van der Waals surface area contributed by atoms with Crippen molar-refractivity contribution in [2.45, 2.75) is 19.5 Å². The lowest BCUT2D eigenvalue weighted by Crippen LogP contribution is -2.18. The third-order valence-corrected chi connectivity index (χ3v) is 3.42. The first-order valence-electron chi connectivity index (χ1n) is 6.83. The molecule has 112 valence electrons. The average Bonchev–Trinajstić information content (AvgIpc) is 2.53. The number of benzene rings is 2. The largest absolute Gasteiger partial charge is 0.497 e. The summed E-state index contributed by atoms with van der Waals surface area (Å²) in [6, 6.07) is 12.9. The van der Waals surface area contributed by atoms with Gasteiger partial charge in [-0.15, -0.1) is 0 Å². The second-order valence-electron chi connectivity index (χ2n) is 4.85. The van der Waals surface area contributed by atoms with Crippen LogP contribution in [-0.4, -0.2) is 14.2 Å². The van der Waals surface area contributed by atoms with Crippen LogP contribution in [0.25, 0.3) is 0 Å². The van der Waals surface area contributed by atoms with Crippen LogP contribution in [-0.2, 0) is 6.54 Å². The molecule has 0 aliphatic carbocycles. The predicted octanol–water partition coefficient (Wildman–Crippen LogP) is 3.69. The highest BCUT2D eigenvalue weighted by Gasteiger charge is 2.09. The van der Waals surface area contributed by atoms with E-state index >= 15 is 0 Å². The molecule has 0 radical (unpaired) electrons. The molecule has 0 fully saturated rings. The topological polar surface area (TPSA) is 30.5 Å². The van der Waals surface area contributed by atoms with Crippen molar-refractivity contribution < 1.29 is 13.9 Å². The summed E-state index contributed by atoms with van der Waals surface area (Å²) in [6.45, 7) is 2.74. The summed E-state index contributed by atoms with van der Waals surface area (Å²) in [5.74, 6) is 0.759. The Kier molecular flexibility index (Phi) is 5.17. The highest BCUT2D eigenvalue weighted by atomic mass is 19.1. The fraction of sp³-hybridized carbons (Fsp3) is 0.294. The Bertz CT molecular complexity index is 601. The summed E-state index contributed by atoms with van der Waals surface area (Å²) in [6.07, 6.45) is 0. The fourth-order valence-electron chi connectivity index (χ4n) is 2.12.